The highest BCUT2D eigenvalue weighted by Crippen LogP contribution is 2.23. The van der Waals surface area contributed by atoms with Gasteiger partial charge in [-0.15, -0.1) is 0 Å². The minimum Gasteiger partial charge on any atom is -0.496 e. The van der Waals surface area contributed by atoms with Gasteiger partial charge >= 0.3 is 0 Å². The van der Waals surface area contributed by atoms with Crippen LogP contribution in [0.2, 0.25) is 0 Å². The average Bonchev–Trinajstić information content (AvgIpc) is 2.70. The smallest absolute Gasteiger partial charge is 0.253 e. The number of guanidine groups is 1. The van der Waals surface area contributed by atoms with Crippen LogP contribution in [-0.4, -0.2) is 26.0 Å². The Hall–Kier alpha value is -2.04. The molecule has 1 aromatic rings. The summed E-state index contributed by atoms with van der Waals surface area (Å²) in [5.74, 6) is 1.24. The molecule has 90 valence electrons. The molecule has 1 fully saturated rings. The van der Waals surface area contributed by atoms with Gasteiger partial charge in [-0.05, 0) is 30.2 Å². The molecule has 0 radical (unpaired) electrons. The van der Waals surface area contributed by atoms with Crippen molar-refractivity contribution in [3.63, 3.8) is 0 Å². The second-order valence-corrected chi connectivity index (χ2v) is 3.87. The number of carbonyl (C=O) groups excluding carboxylic acids is 1. The van der Waals surface area contributed by atoms with Gasteiger partial charge in [-0.25, -0.2) is 0 Å². The van der Waals surface area contributed by atoms with E-state index in [1.54, 1.807) is 14.2 Å². The number of amides is 1. The number of ether oxygens (including phenoxy) is 1. The van der Waals surface area contributed by atoms with Crippen LogP contribution in [0.5, 0.6) is 5.75 Å². The van der Waals surface area contributed by atoms with Crippen LogP contribution in [-0.2, 0) is 4.79 Å². The van der Waals surface area contributed by atoms with Crippen molar-refractivity contribution in [1.29, 1.82) is 0 Å². The minimum atomic E-state index is -0.377. The second-order valence-electron chi connectivity index (χ2n) is 3.87. The highest BCUT2D eigenvalue weighted by atomic mass is 16.5. The highest BCUT2D eigenvalue weighted by Gasteiger charge is 2.29. The van der Waals surface area contributed by atoms with E-state index in [0.29, 0.717) is 5.96 Å². The molecule has 0 spiro atoms. The quantitative estimate of drug-likeness (QED) is 0.792. The second kappa shape index (κ2) is 4.45. The molecule has 1 amide bonds. The first kappa shape index (κ1) is 11.4. The Morgan fingerprint density at radius 1 is 1.41 bits per heavy atom. The molecule has 17 heavy (non-hydrogen) atoms. The average molecular weight is 233 g/mol. The Balaban J connectivity index is 2.29. The summed E-state index contributed by atoms with van der Waals surface area (Å²) < 4.78 is 5.19. The molecule has 0 saturated carbocycles. The Bertz CT molecular complexity index is 483. The number of aliphatic imine (C=N–C) groups is 1. The predicted molar refractivity (Wildman–Crippen MR) is 65.1 cm³/mol. The lowest BCUT2D eigenvalue weighted by Gasteiger charge is -2.11. The zero-order valence-electron chi connectivity index (χ0n) is 10.1. The van der Waals surface area contributed by atoms with E-state index in [-0.39, 0.29) is 11.9 Å². The molecular weight excluding hydrogens is 218 g/mol. The van der Waals surface area contributed by atoms with Crippen molar-refractivity contribution >= 4 is 11.9 Å². The SMILES string of the molecule is CN=C1NC(=O)C(c2ccc(OC)c(C)c2)N1. The summed E-state index contributed by atoms with van der Waals surface area (Å²) in [6.07, 6.45) is 0. The largest absolute Gasteiger partial charge is 0.496 e. The van der Waals surface area contributed by atoms with Crippen molar-refractivity contribution in [2.75, 3.05) is 14.2 Å². The molecule has 5 nitrogen and oxygen atoms in total. The van der Waals surface area contributed by atoms with Gasteiger partial charge in [0.25, 0.3) is 5.91 Å². The van der Waals surface area contributed by atoms with Crippen molar-refractivity contribution in [3.05, 3.63) is 29.3 Å². The van der Waals surface area contributed by atoms with E-state index in [2.05, 4.69) is 15.6 Å². The van der Waals surface area contributed by atoms with Crippen molar-refractivity contribution in [1.82, 2.24) is 10.6 Å². The van der Waals surface area contributed by atoms with Crippen LogP contribution in [0.15, 0.2) is 23.2 Å². The molecular formula is C12H15N3O2. The van der Waals surface area contributed by atoms with Gasteiger partial charge in [0.1, 0.15) is 11.8 Å². The first-order valence-electron chi connectivity index (χ1n) is 5.34. The van der Waals surface area contributed by atoms with Crippen molar-refractivity contribution in [2.24, 2.45) is 4.99 Å². The number of hydrogen-bond donors (Lipinski definition) is 2. The van der Waals surface area contributed by atoms with Crippen molar-refractivity contribution in [2.45, 2.75) is 13.0 Å². The van der Waals surface area contributed by atoms with E-state index in [1.807, 2.05) is 25.1 Å². The fraction of sp³-hybridized carbons (Fsp3) is 0.333. The monoisotopic (exact) mass is 233 g/mol. The van der Waals surface area contributed by atoms with Crippen molar-refractivity contribution < 1.29 is 9.53 Å². The molecule has 2 rings (SSSR count). The number of hydrogen-bond acceptors (Lipinski definition) is 3. The topological polar surface area (TPSA) is 62.7 Å². The maximum atomic E-state index is 11.7. The normalized spacial score (nSPS) is 21.2. The Kier molecular flexibility index (Phi) is 2.99. The van der Waals surface area contributed by atoms with Gasteiger partial charge in [0, 0.05) is 7.05 Å². The standard InChI is InChI=1S/C12H15N3O2/c1-7-6-8(4-5-9(7)17-3)10-11(16)15-12(13-2)14-10/h4-6,10H,1-3H3,(H2,13,14,15,16). The van der Waals surface area contributed by atoms with Gasteiger partial charge in [-0.1, -0.05) is 6.07 Å². The van der Waals surface area contributed by atoms with Gasteiger partial charge < -0.3 is 10.1 Å². The molecule has 1 aromatic carbocycles. The number of benzene rings is 1. The summed E-state index contributed by atoms with van der Waals surface area (Å²) in [7, 11) is 3.26. The van der Waals surface area contributed by atoms with Gasteiger partial charge in [0.15, 0.2) is 5.96 Å². The lowest BCUT2D eigenvalue weighted by atomic mass is 10.0. The lowest BCUT2D eigenvalue weighted by Crippen LogP contribution is -2.24. The maximum absolute atomic E-state index is 11.7. The van der Waals surface area contributed by atoms with Crippen LogP contribution in [0.4, 0.5) is 0 Å². The summed E-state index contributed by atoms with van der Waals surface area (Å²) >= 11 is 0. The Morgan fingerprint density at radius 2 is 2.18 bits per heavy atom. The molecule has 1 aliphatic heterocycles. The highest BCUT2D eigenvalue weighted by molar-refractivity contribution is 6.06. The van der Waals surface area contributed by atoms with E-state index in [9.17, 15) is 4.79 Å². The summed E-state index contributed by atoms with van der Waals surface area (Å²) in [5, 5.41) is 5.69. The molecule has 5 heteroatoms. The summed E-state index contributed by atoms with van der Waals surface area (Å²) in [4.78, 5) is 15.6. The van der Waals surface area contributed by atoms with Crippen molar-refractivity contribution in [3.8, 4) is 5.75 Å². The number of carbonyl (C=O) groups is 1. The zero-order valence-corrected chi connectivity index (χ0v) is 10.1. The molecule has 1 saturated heterocycles. The molecule has 0 aliphatic carbocycles. The van der Waals surface area contributed by atoms with Crippen LogP contribution in [0.1, 0.15) is 17.2 Å². The zero-order chi connectivity index (χ0) is 12.4. The van der Waals surface area contributed by atoms with Crippen LogP contribution in [0, 0.1) is 6.92 Å². The summed E-state index contributed by atoms with van der Waals surface area (Å²) in [6.45, 7) is 1.95. The van der Waals surface area contributed by atoms with Crippen LogP contribution >= 0.6 is 0 Å². The van der Waals surface area contributed by atoms with E-state index < -0.39 is 0 Å². The van der Waals surface area contributed by atoms with E-state index in [4.69, 9.17) is 4.74 Å². The van der Waals surface area contributed by atoms with E-state index >= 15 is 0 Å². The predicted octanol–water partition coefficient (Wildman–Crippen LogP) is 0.750. The van der Waals surface area contributed by atoms with Crippen LogP contribution in [0.25, 0.3) is 0 Å². The summed E-state index contributed by atoms with van der Waals surface area (Å²) in [5.41, 5.74) is 1.90. The Labute approximate surface area is 99.9 Å². The van der Waals surface area contributed by atoms with Gasteiger partial charge in [-0.2, -0.15) is 0 Å². The molecule has 0 bridgehead atoms. The molecule has 1 aliphatic rings. The molecule has 1 unspecified atom stereocenters. The third-order valence-electron chi connectivity index (χ3n) is 2.76. The van der Waals surface area contributed by atoms with Gasteiger partial charge in [0.05, 0.1) is 7.11 Å². The first-order chi connectivity index (χ1) is 8.15. The minimum absolute atomic E-state index is 0.0878. The number of aryl methyl sites for hydroxylation is 1. The van der Waals surface area contributed by atoms with E-state index in [1.165, 1.54) is 0 Å². The summed E-state index contributed by atoms with van der Waals surface area (Å²) in [6, 6.07) is 5.30. The number of methoxy groups -OCH3 is 1. The fourth-order valence-corrected chi connectivity index (χ4v) is 1.86. The Morgan fingerprint density at radius 3 is 2.71 bits per heavy atom. The van der Waals surface area contributed by atoms with E-state index in [0.717, 1.165) is 16.9 Å². The lowest BCUT2D eigenvalue weighted by molar-refractivity contribution is -0.120. The molecule has 0 aromatic heterocycles. The first-order valence-corrected chi connectivity index (χ1v) is 5.34. The van der Waals surface area contributed by atoms with Crippen LogP contribution < -0.4 is 15.4 Å². The van der Waals surface area contributed by atoms with Gasteiger partial charge in [0.2, 0.25) is 0 Å². The fourth-order valence-electron chi connectivity index (χ4n) is 1.86. The number of nitrogens with one attached hydrogen (secondary N) is 2. The number of nitrogens with zero attached hydrogens (tertiary/aromatic N) is 1. The third kappa shape index (κ3) is 2.08. The molecule has 1 atom stereocenters. The molecule has 1 heterocycles. The van der Waals surface area contributed by atoms with Crippen LogP contribution in [0.3, 0.4) is 0 Å². The maximum Gasteiger partial charge on any atom is 0.253 e. The number of rotatable bonds is 2. The van der Waals surface area contributed by atoms with Gasteiger partial charge in [-0.3, -0.25) is 15.1 Å². The molecule has 2 N–H and O–H groups in total. The third-order valence-corrected chi connectivity index (χ3v) is 2.76.